The van der Waals surface area contributed by atoms with Crippen molar-refractivity contribution in [1.29, 1.82) is 0 Å². The van der Waals surface area contributed by atoms with Crippen molar-refractivity contribution >= 4 is 23.0 Å². The van der Waals surface area contributed by atoms with Gasteiger partial charge in [-0.15, -0.1) is 0 Å². The topological polar surface area (TPSA) is 37.0 Å². The van der Waals surface area contributed by atoms with Crippen molar-refractivity contribution in [1.82, 2.24) is 10.3 Å². The first-order valence-electron chi connectivity index (χ1n) is 8.05. The van der Waals surface area contributed by atoms with Crippen LogP contribution >= 0.6 is 12.2 Å². The van der Waals surface area contributed by atoms with Crippen LogP contribution in [0.4, 0.5) is 5.69 Å². The predicted octanol–water partition coefficient (Wildman–Crippen LogP) is 4.82. The summed E-state index contributed by atoms with van der Waals surface area (Å²) in [7, 11) is 0. The van der Waals surface area contributed by atoms with Crippen LogP contribution < -0.4 is 10.6 Å². The van der Waals surface area contributed by atoms with Crippen molar-refractivity contribution in [2.45, 2.75) is 46.1 Å². The Hall–Kier alpha value is -1.94. The van der Waals surface area contributed by atoms with Crippen LogP contribution in [-0.2, 0) is 6.54 Å². The number of thiocarbonyl (C=S) groups is 1. The number of hydrogen-bond acceptors (Lipinski definition) is 2. The number of anilines is 1. The molecule has 0 fully saturated rings. The smallest absolute Gasteiger partial charge is 0.171 e. The molecule has 0 bridgehead atoms. The van der Waals surface area contributed by atoms with E-state index in [1.54, 1.807) is 12.4 Å². The Balaban J connectivity index is 2.13. The minimum absolute atomic E-state index is 0.444. The fraction of sp³-hybridized carbons (Fsp3) is 0.368. The van der Waals surface area contributed by atoms with E-state index in [1.807, 2.05) is 12.1 Å². The molecule has 0 unspecified atom stereocenters. The van der Waals surface area contributed by atoms with Crippen LogP contribution in [0.1, 0.15) is 56.2 Å². The van der Waals surface area contributed by atoms with E-state index in [2.05, 4.69) is 61.5 Å². The van der Waals surface area contributed by atoms with Gasteiger partial charge in [-0.2, -0.15) is 0 Å². The average Bonchev–Trinajstić information content (AvgIpc) is 2.53. The molecule has 1 heterocycles. The first-order valence-corrected chi connectivity index (χ1v) is 8.46. The molecule has 3 nitrogen and oxygen atoms in total. The number of nitrogens with zero attached hydrogens (tertiary/aromatic N) is 1. The molecule has 23 heavy (non-hydrogen) atoms. The highest BCUT2D eigenvalue weighted by atomic mass is 32.1. The van der Waals surface area contributed by atoms with Crippen LogP contribution in [0.2, 0.25) is 0 Å². The molecule has 0 radical (unpaired) electrons. The number of aromatic nitrogens is 1. The molecule has 0 amide bonds. The molecule has 4 heteroatoms. The third kappa shape index (κ3) is 4.76. The number of rotatable bonds is 5. The fourth-order valence-corrected chi connectivity index (χ4v) is 2.71. The van der Waals surface area contributed by atoms with E-state index in [9.17, 15) is 0 Å². The van der Waals surface area contributed by atoms with Crippen LogP contribution in [0.3, 0.4) is 0 Å². The third-order valence-electron chi connectivity index (χ3n) is 3.81. The van der Waals surface area contributed by atoms with Gasteiger partial charge in [-0.3, -0.25) is 4.98 Å². The molecule has 122 valence electrons. The number of nitrogens with one attached hydrogen (secondary N) is 2. The molecule has 2 N–H and O–H groups in total. The van der Waals surface area contributed by atoms with Crippen molar-refractivity contribution in [3.8, 4) is 0 Å². The summed E-state index contributed by atoms with van der Waals surface area (Å²) < 4.78 is 0. The lowest BCUT2D eigenvalue weighted by Crippen LogP contribution is -2.29. The second-order valence-corrected chi connectivity index (χ2v) is 6.69. The highest BCUT2D eigenvalue weighted by Crippen LogP contribution is 2.32. The highest BCUT2D eigenvalue weighted by molar-refractivity contribution is 7.80. The molecule has 2 rings (SSSR count). The number of hydrogen-bond donors (Lipinski definition) is 2. The van der Waals surface area contributed by atoms with Crippen LogP contribution in [0.15, 0.2) is 42.7 Å². The highest BCUT2D eigenvalue weighted by Gasteiger charge is 2.14. The van der Waals surface area contributed by atoms with Gasteiger partial charge < -0.3 is 10.6 Å². The maximum atomic E-state index is 5.49. The zero-order valence-electron chi connectivity index (χ0n) is 14.3. The largest absolute Gasteiger partial charge is 0.358 e. The van der Waals surface area contributed by atoms with Crippen LogP contribution in [0.25, 0.3) is 0 Å². The molecule has 1 aromatic heterocycles. The van der Waals surface area contributed by atoms with Crippen molar-refractivity contribution in [2.75, 3.05) is 5.32 Å². The Morgan fingerprint density at radius 2 is 1.57 bits per heavy atom. The predicted molar refractivity (Wildman–Crippen MR) is 102 cm³/mol. The van der Waals surface area contributed by atoms with Crippen molar-refractivity contribution in [3.63, 3.8) is 0 Å². The molecule has 2 aromatic rings. The Morgan fingerprint density at radius 3 is 2.09 bits per heavy atom. The van der Waals surface area contributed by atoms with Crippen molar-refractivity contribution < 1.29 is 0 Å². The fourth-order valence-electron chi connectivity index (χ4n) is 2.54. The minimum Gasteiger partial charge on any atom is -0.358 e. The third-order valence-corrected chi connectivity index (χ3v) is 4.06. The van der Waals surface area contributed by atoms with Gasteiger partial charge in [0, 0.05) is 24.6 Å². The Labute approximate surface area is 144 Å². The number of pyridine rings is 1. The van der Waals surface area contributed by atoms with Crippen molar-refractivity contribution in [2.24, 2.45) is 0 Å². The SMILES string of the molecule is CC(C)c1cccc(C(C)C)c1NC(=S)NCc1ccncc1. The van der Waals surface area contributed by atoms with Gasteiger partial charge in [0.15, 0.2) is 5.11 Å². The second-order valence-electron chi connectivity index (χ2n) is 6.28. The molecule has 0 saturated heterocycles. The molecule has 0 aliphatic carbocycles. The number of para-hydroxylation sites is 1. The van der Waals surface area contributed by atoms with Crippen LogP contribution in [0, 0.1) is 0 Å². The second kappa shape index (κ2) is 8.06. The van der Waals surface area contributed by atoms with Gasteiger partial charge in [0.05, 0.1) is 0 Å². The van der Waals surface area contributed by atoms with E-state index in [0.717, 1.165) is 11.3 Å². The lowest BCUT2D eigenvalue weighted by Gasteiger charge is -2.21. The van der Waals surface area contributed by atoms with Gasteiger partial charge in [0.25, 0.3) is 0 Å². The van der Waals surface area contributed by atoms with Gasteiger partial charge in [0.2, 0.25) is 0 Å². The van der Waals surface area contributed by atoms with Crippen molar-refractivity contribution in [3.05, 3.63) is 59.4 Å². The molecular weight excluding hydrogens is 302 g/mol. The molecule has 0 saturated carbocycles. The molecule has 0 spiro atoms. The van der Waals surface area contributed by atoms with E-state index >= 15 is 0 Å². The molecule has 0 aliphatic heterocycles. The van der Waals surface area contributed by atoms with Gasteiger partial charge >= 0.3 is 0 Å². The van der Waals surface area contributed by atoms with E-state index < -0.39 is 0 Å². The zero-order chi connectivity index (χ0) is 16.8. The summed E-state index contributed by atoms with van der Waals surface area (Å²) in [5.74, 6) is 0.887. The van der Waals surface area contributed by atoms with Crippen LogP contribution in [-0.4, -0.2) is 10.1 Å². The van der Waals surface area contributed by atoms with Gasteiger partial charge in [-0.05, 0) is 52.9 Å². The summed E-state index contributed by atoms with van der Waals surface area (Å²) in [4.78, 5) is 4.03. The van der Waals surface area contributed by atoms with Gasteiger partial charge in [-0.25, -0.2) is 0 Å². The average molecular weight is 327 g/mol. The normalized spacial score (nSPS) is 10.9. The first kappa shape index (κ1) is 17.4. The summed E-state index contributed by atoms with van der Waals surface area (Å²) in [6.07, 6.45) is 3.58. The Bertz CT molecular complexity index is 625. The molecule has 0 atom stereocenters. The van der Waals surface area contributed by atoms with Crippen LogP contribution in [0.5, 0.6) is 0 Å². The lowest BCUT2D eigenvalue weighted by molar-refractivity contribution is 0.837. The van der Waals surface area contributed by atoms with Gasteiger partial charge in [0.1, 0.15) is 0 Å². The quantitative estimate of drug-likeness (QED) is 0.772. The van der Waals surface area contributed by atoms with E-state index in [0.29, 0.717) is 23.5 Å². The lowest BCUT2D eigenvalue weighted by atomic mass is 9.93. The minimum atomic E-state index is 0.444. The molecular formula is C19H25N3S. The molecule has 0 aliphatic rings. The first-order chi connectivity index (χ1) is 11.0. The summed E-state index contributed by atoms with van der Waals surface area (Å²) in [6.45, 7) is 9.52. The zero-order valence-corrected chi connectivity index (χ0v) is 15.1. The Morgan fingerprint density at radius 1 is 1.00 bits per heavy atom. The monoisotopic (exact) mass is 327 g/mol. The summed E-state index contributed by atoms with van der Waals surface area (Å²) in [6, 6.07) is 10.4. The summed E-state index contributed by atoms with van der Waals surface area (Å²) in [5, 5.41) is 7.34. The van der Waals surface area contributed by atoms with Gasteiger partial charge in [-0.1, -0.05) is 45.9 Å². The maximum absolute atomic E-state index is 5.49. The number of benzene rings is 1. The molecule has 1 aromatic carbocycles. The summed E-state index contributed by atoms with van der Waals surface area (Å²) in [5.41, 5.74) is 4.89. The van der Waals surface area contributed by atoms with E-state index in [-0.39, 0.29) is 0 Å². The van der Waals surface area contributed by atoms with E-state index in [4.69, 9.17) is 12.2 Å². The summed E-state index contributed by atoms with van der Waals surface area (Å²) >= 11 is 5.49. The maximum Gasteiger partial charge on any atom is 0.171 e. The standard InChI is InChI=1S/C19H25N3S/c1-13(2)16-6-5-7-17(14(3)4)18(16)22-19(23)21-12-15-8-10-20-11-9-15/h5-11,13-14H,12H2,1-4H3,(H2,21,22,23). The Kier molecular flexibility index (Phi) is 6.11. The van der Waals surface area contributed by atoms with E-state index in [1.165, 1.54) is 11.1 Å².